The number of carbonyl (C=O) groups is 1. The molecule has 0 aliphatic carbocycles. The highest BCUT2D eigenvalue weighted by Gasteiger charge is 2.16. The van der Waals surface area contributed by atoms with Crippen LogP contribution in [0.2, 0.25) is 0 Å². The normalized spacial score (nSPS) is 12.8. The van der Waals surface area contributed by atoms with Crippen LogP contribution in [0.5, 0.6) is 0 Å². The minimum absolute atomic E-state index is 0.0699. The van der Waals surface area contributed by atoms with Crippen molar-refractivity contribution in [3.05, 3.63) is 33.4 Å². The number of amides is 1. The Morgan fingerprint density at radius 3 is 2.74 bits per heavy atom. The lowest BCUT2D eigenvalue weighted by Gasteiger charge is -2.20. The highest BCUT2D eigenvalue weighted by atomic mass is 16.3. The van der Waals surface area contributed by atoms with Gasteiger partial charge in [-0.25, -0.2) is 9.50 Å². The maximum atomic E-state index is 12.1. The highest BCUT2D eigenvalue weighted by Crippen LogP contribution is 2.15. The molecule has 0 aromatic carbocycles. The van der Waals surface area contributed by atoms with Crippen LogP contribution in [0.3, 0.4) is 0 Å². The lowest BCUT2D eigenvalue weighted by Crippen LogP contribution is -2.41. The summed E-state index contributed by atoms with van der Waals surface area (Å²) < 4.78 is 1.65. The summed E-state index contributed by atoms with van der Waals surface area (Å²) in [5, 5.41) is 14.8. The molecule has 0 radical (unpaired) electrons. The van der Waals surface area contributed by atoms with Gasteiger partial charge < -0.3 is 10.4 Å². The molecular weight excluding hydrogens is 296 g/mol. The number of fused-ring (bicyclic) bond motifs is 1. The van der Waals surface area contributed by atoms with Crippen LogP contribution in [-0.2, 0) is 11.2 Å². The summed E-state index contributed by atoms with van der Waals surface area (Å²) in [6, 6.07) is 1.22. The Hall–Kier alpha value is -2.15. The number of aromatic amines is 1. The molecule has 7 nitrogen and oxygen atoms in total. The SMILES string of the molecule is Cc1nc2cc(=O)[nH]n2c(C)c1CCC(=O)NC(CO)C(C)C. The van der Waals surface area contributed by atoms with E-state index in [4.69, 9.17) is 0 Å². The Morgan fingerprint density at radius 1 is 1.43 bits per heavy atom. The van der Waals surface area contributed by atoms with E-state index in [1.54, 1.807) is 4.52 Å². The third kappa shape index (κ3) is 3.79. The summed E-state index contributed by atoms with van der Waals surface area (Å²) in [5.74, 6) is 0.0769. The van der Waals surface area contributed by atoms with Crippen LogP contribution >= 0.6 is 0 Å². The molecule has 2 aromatic rings. The third-order valence-corrected chi connectivity index (χ3v) is 4.15. The van der Waals surface area contributed by atoms with E-state index in [1.165, 1.54) is 6.07 Å². The second-order valence-electron chi connectivity index (χ2n) is 6.18. The monoisotopic (exact) mass is 320 g/mol. The molecule has 0 spiro atoms. The molecule has 0 aliphatic heterocycles. The molecule has 0 bridgehead atoms. The standard InChI is InChI=1S/C16H24N4O3/c1-9(2)13(8-21)18-15(22)6-5-12-10(3)17-14-7-16(23)19-20(14)11(12)4/h7,9,13,21H,5-6,8H2,1-4H3,(H,18,22)(H,19,23). The average molecular weight is 320 g/mol. The number of hydrogen-bond acceptors (Lipinski definition) is 4. The van der Waals surface area contributed by atoms with Crippen molar-refractivity contribution in [3.8, 4) is 0 Å². The number of carbonyl (C=O) groups excluding carboxylic acids is 1. The van der Waals surface area contributed by atoms with Crippen molar-refractivity contribution in [2.75, 3.05) is 6.61 Å². The molecule has 23 heavy (non-hydrogen) atoms. The molecule has 2 aromatic heterocycles. The maximum Gasteiger partial charge on any atom is 0.266 e. The van der Waals surface area contributed by atoms with E-state index in [-0.39, 0.29) is 30.0 Å². The molecule has 3 N–H and O–H groups in total. The molecule has 1 unspecified atom stereocenters. The first-order valence-electron chi connectivity index (χ1n) is 7.81. The lowest BCUT2D eigenvalue weighted by atomic mass is 10.0. The molecule has 2 rings (SSSR count). The fourth-order valence-electron chi connectivity index (χ4n) is 2.66. The number of nitrogens with one attached hydrogen (secondary N) is 2. The molecule has 0 saturated carbocycles. The summed E-state index contributed by atoms with van der Waals surface area (Å²) >= 11 is 0. The number of rotatable bonds is 6. The number of nitrogens with zero attached hydrogens (tertiary/aromatic N) is 2. The van der Waals surface area contributed by atoms with Crippen molar-refractivity contribution in [1.82, 2.24) is 19.9 Å². The highest BCUT2D eigenvalue weighted by molar-refractivity contribution is 5.76. The summed E-state index contributed by atoms with van der Waals surface area (Å²) in [7, 11) is 0. The molecule has 126 valence electrons. The predicted molar refractivity (Wildman–Crippen MR) is 87.5 cm³/mol. The van der Waals surface area contributed by atoms with E-state index in [2.05, 4.69) is 15.4 Å². The van der Waals surface area contributed by atoms with Crippen LogP contribution in [0.25, 0.3) is 5.65 Å². The summed E-state index contributed by atoms with van der Waals surface area (Å²) in [6.07, 6.45) is 0.840. The van der Waals surface area contributed by atoms with Gasteiger partial charge in [-0.3, -0.25) is 14.7 Å². The van der Waals surface area contributed by atoms with E-state index in [0.717, 1.165) is 17.0 Å². The van der Waals surface area contributed by atoms with Crippen LogP contribution in [-0.4, -0.2) is 38.3 Å². The maximum absolute atomic E-state index is 12.1. The Kier molecular flexibility index (Phi) is 5.20. The van der Waals surface area contributed by atoms with Gasteiger partial charge in [0, 0.05) is 23.9 Å². The number of aromatic nitrogens is 3. The van der Waals surface area contributed by atoms with Gasteiger partial charge in [-0.2, -0.15) is 0 Å². The van der Waals surface area contributed by atoms with E-state index >= 15 is 0 Å². The van der Waals surface area contributed by atoms with E-state index in [9.17, 15) is 14.7 Å². The van der Waals surface area contributed by atoms with Crippen LogP contribution < -0.4 is 10.9 Å². The van der Waals surface area contributed by atoms with Gasteiger partial charge >= 0.3 is 0 Å². The lowest BCUT2D eigenvalue weighted by molar-refractivity contribution is -0.122. The van der Waals surface area contributed by atoms with E-state index in [1.807, 2.05) is 27.7 Å². The largest absolute Gasteiger partial charge is 0.394 e. The zero-order valence-electron chi connectivity index (χ0n) is 14.0. The minimum Gasteiger partial charge on any atom is -0.394 e. The first kappa shape index (κ1) is 17.2. The van der Waals surface area contributed by atoms with Crippen molar-refractivity contribution >= 4 is 11.6 Å². The van der Waals surface area contributed by atoms with Gasteiger partial charge in [-0.05, 0) is 31.7 Å². The van der Waals surface area contributed by atoms with Crippen LogP contribution in [0.1, 0.15) is 37.2 Å². The molecule has 7 heteroatoms. The number of aryl methyl sites for hydroxylation is 2. The number of H-pyrrole nitrogens is 1. The van der Waals surface area contributed by atoms with Crippen LogP contribution in [0.4, 0.5) is 0 Å². The average Bonchev–Trinajstić information content (AvgIpc) is 2.84. The van der Waals surface area contributed by atoms with Crippen molar-refractivity contribution in [2.24, 2.45) is 5.92 Å². The first-order valence-corrected chi connectivity index (χ1v) is 7.81. The fourth-order valence-corrected chi connectivity index (χ4v) is 2.66. The quantitative estimate of drug-likeness (QED) is 0.729. The van der Waals surface area contributed by atoms with Crippen LogP contribution in [0, 0.1) is 19.8 Å². The molecule has 2 heterocycles. The Labute approximate surface area is 134 Å². The van der Waals surface area contributed by atoms with Gasteiger partial charge in [0.15, 0.2) is 5.65 Å². The Bertz CT molecular complexity index is 761. The molecule has 0 saturated heterocycles. The molecule has 0 aliphatic rings. The Morgan fingerprint density at radius 2 is 2.13 bits per heavy atom. The third-order valence-electron chi connectivity index (χ3n) is 4.15. The zero-order valence-corrected chi connectivity index (χ0v) is 14.0. The van der Waals surface area contributed by atoms with Gasteiger partial charge in [0.25, 0.3) is 5.56 Å². The molecule has 1 amide bonds. The predicted octanol–water partition coefficient (Wildman–Crippen LogP) is 0.705. The minimum atomic E-state index is -0.230. The smallest absolute Gasteiger partial charge is 0.266 e. The summed E-state index contributed by atoms with van der Waals surface area (Å²) in [6.45, 7) is 7.61. The summed E-state index contributed by atoms with van der Waals surface area (Å²) in [4.78, 5) is 27.9. The van der Waals surface area contributed by atoms with Gasteiger partial charge in [0.05, 0.1) is 12.6 Å². The van der Waals surface area contributed by atoms with Crippen molar-refractivity contribution in [3.63, 3.8) is 0 Å². The van der Waals surface area contributed by atoms with Gasteiger partial charge in [-0.1, -0.05) is 13.8 Å². The van der Waals surface area contributed by atoms with E-state index in [0.29, 0.717) is 18.5 Å². The molecule has 1 atom stereocenters. The van der Waals surface area contributed by atoms with Crippen LogP contribution in [0.15, 0.2) is 10.9 Å². The number of aliphatic hydroxyl groups is 1. The Balaban J connectivity index is 2.13. The van der Waals surface area contributed by atoms with Crippen molar-refractivity contribution in [2.45, 2.75) is 46.6 Å². The van der Waals surface area contributed by atoms with Gasteiger partial charge in [-0.15, -0.1) is 0 Å². The van der Waals surface area contributed by atoms with Crippen molar-refractivity contribution < 1.29 is 9.90 Å². The van der Waals surface area contributed by atoms with E-state index < -0.39 is 0 Å². The fraction of sp³-hybridized carbons (Fsp3) is 0.562. The topological polar surface area (TPSA) is 99.5 Å². The molecule has 0 fully saturated rings. The van der Waals surface area contributed by atoms with Gasteiger partial charge in [0.1, 0.15) is 0 Å². The van der Waals surface area contributed by atoms with Gasteiger partial charge in [0.2, 0.25) is 5.91 Å². The van der Waals surface area contributed by atoms with Crippen molar-refractivity contribution in [1.29, 1.82) is 0 Å². The summed E-state index contributed by atoms with van der Waals surface area (Å²) in [5.41, 5.74) is 3.03. The number of aliphatic hydroxyl groups excluding tert-OH is 1. The number of hydrogen-bond donors (Lipinski definition) is 3. The zero-order chi connectivity index (χ0) is 17.1. The second-order valence-corrected chi connectivity index (χ2v) is 6.18. The second kappa shape index (κ2) is 6.95. The molecular formula is C16H24N4O3. The first-order chi connectivity index (χ1) is 10.8.